The normalized spacial score (nSPS) is 25.4. The first kappa shape index (κ1) is 23.7. The van der Waals surface area contributed by atoms with E-state index in [1.165, 1.54) is 18.0 Å². The Kier molecular flexibility index (Phi) is 6.78. The van der Waals surface area contributed by atoms with Crippen molar-refractivity contribution in [2.45, 2.75) is 48.5 Å². The SMILES string of the molecule is Cc1ccc(S[C@H]2O[C@H](CO)[C@H](O)[C@H](n3cc(-c4cc(F)c(F)c(F)c4)nn3)[C@H]2O)cc1C. The van der Waals surface area contributed by atoms with Gasteiger partial charge in [-0.2, -0.15) is 0 Å². The number of hydrogen-bond donors (Lipinski definition) is 3. The van der Waals surface area contributed by atoms with Crippen molar-refractivity contribution in [1.29, 1.82) is 0 Å². The highest BCUT2D eigenvalue weighted by Gasteiger charge is 2.46. The van der Waals surface area contributed by atoms with Gasteiger partial charge in [0.15, 0.2) is 17.5 Å². The Bertz CT molecular complexity index is 1140. The van der Waals surface area contributed by atoms with E-state index in [4.69, 9.17) is 4.74 Å². The van der Waals surface area contributed by atoms with Crippen molar-refractivity contribution in [2.75, 3.05) is 6.61 Å². The topological polar surface area (TPSA) is 101 Å². The average molecular weight is 481 g/mol. The molecule has 1 aromatic heterocycles. The summed E-state index contributed by atoms with van der Waals surface area (Å²) >= 11 is 1.23. The minimum atomic E-state index is -1.60. The van der Waals surface area contributed by atoms with Crippen LogP contribution in [0.5, 0.6) is 0 Å². The Labute approximate surface area is 191 Å². The molecule has 3 N–H and O–H groups in total. The monoisotopic (exact) mass is 481 g/mol. The lowest BCUT2D eigenvalue weighted by Crippen LogP contribution is -2.55. The van der Waals surface area contributed by atoms with Gasteiger partial charge in [0.2, 0.25) is 0 Å². The van der Waals surface area contributed by atoms with E-state index < -0.39 is 53.8 Å². The smallest absolute Gasteiger partial charge is 0.194 e. The Hall–Kier alpha value is -2.44. The molecule has 7 nitrogen and oxygen atoms in total. The van der Waals surface area contributed by atoms with Gasteiger partial charge in [0.1, 0.15) is 35.5 Å². The molecule has 33 heavy (non-hydrogen) atoms. The molecule has 0 bridgehead atoms. The third kappa shape index (κ3) is 4.64. The van der Waals surface area contributed by atoms with Crippen LogP contribution in [0.1, 0.15) is 17.2 Å². The lowest BCUT2D eigenvalue weighted by molar-refractivity contribution is -0.178. The van der Waals surface area contributed by atoms with Crippen molar-refractivity contribution >= 4 is 11.8 Å². The van der Waals surface area contributed by atoms with Crippen LogP contribution in [0.4, 0.5) is 13.2 Å². The van der Waals surface area contributed by atoms with E-state index in [2.05, 4.69) is 10.3 Å². The van der Waals surface area contributed by atoms with Crippen molar-refractivity contribution in [3.63, 3.8) is 0 Å². The summed E-state index contributed by atoms with van der Waals surface area (Å²) in [5.41, 5.74) is 1.26. The van der Waals surface area contributed by atoms with Crippen LogP contribution >= 0.6 is 11.8 Å². The zero-order chi connectivity index (χ0) is 23.9. The van der Waals surface area contributed by atoms with Crippen LogP contribution in [0.25, 0.3) is 11.3 Å². The maximum absolute atomic E-state index is 13.6. The van der Waals surface area contributed by atoms with Gasteiger partial charge in [0.25, 0.3) is 0 Å². The molecule has 3 aromatic rings. The number of benzene rings is 2. The Balaban J connectivity index is 1.63. The molecular formula is C22H22F3N3O4S. The Morgan fingerprint density at radius 1 is 1.03 bits per heavy atom. The van der Waals surface area contributed by atoms with E-state index >= 15 is 0 Å². The fourth-order valence-corrected chi connectivity index (χ4v) is 4.82. The van der Waals surface area contributed by atoms with Gasteiger partial charge in [-0.05, 0) is 49.2 Å². The van der Waals surface area contributed by atoms with Gasteiger partial charge in [0, 0.05) is 10.5 Å². The molecule has 4 rings (SSSR count). The quantitative estimate of drug-likeness (QED) is 0.482. The van der Waals surface area contributed by atoms with Crippen molar-refractivity contribution in [2.24, 2.45) is 0 Å². The molecular weight excluding hydrogens is 459 g/mol. The van der Waals surface area contributed by atoms with E-state index in [1.54, 1.807) is 0 Å². The summed E-state index contributed by atoms with van der Waals surface area (Å²) in [4.78, 5) is 0.825. The van der Waals surface area contributed by atoms with Crippen LogP contribution in [-0.4, -0.2) is 60.7 Å². The largest absolute Gasteiger partial charge is 0.394 e. The van der Waals surface area contributed by atoms with Crippen LogP contribution in [0.3, 0.4) is 0 Å². The van der Waals surface area contributed by atoms with Crippen LogP contribution in [0.15, 0.2) is 41.4 Å². The van der Waals surface area contributed by atoms with Gasteiger partial charge in [-0.25, -0.2) is 17.9 Å². The highest BCUT2D eigenvalue weighted by atomic mass is 32.2. The number of nitrogens with zero attached hydrogens (tertiary/aromatic N) is 3. The third-order valence-electron chi connectivity index (χ3n) is 5.67. The molecule has 1 aliphatic rings. The van der Waals surface area contributed by atoms with Gasteiger partial charge in [-0.15, -0.1) is 5.10 Å². The van der Waals surface area contributed by atoms with Crippen molar-refractivity contribution < 1.29 is 33.2 Å². The number of aliphatic hydroxyl groups excluding tert-OH is 3. The summed E-state index contributed by atoms with van der Waals surface area (Å²) in [6, 6.07) is 6.23. The summed E-state index contributed by atoms with van der Waals surface area (Å²) in [5, 5.41) is 39.2. The van der Waals surface area contributed by atoms with E-state index in [0.29, 0.717) is 0 Å². The molecule has 0 spiro atoms. The molecule has 0 saturated carbocycles. The molecule has 1 aliphatic heterocycles. The average Bonchev–Trinajstić information content (AvgIpc) is 3.26. The first-order valence-corrected chi connectivity index (χ1v) is 11.0. The second-order valence-corrected chi connectivity index (χ2v) is 9.07. The van der Waals surface area contributed by atoms with E-state index in [1.807, 2.05) is 32.0 Å². The zero-order valence-electron chi connectivity index (χ0n) is 17.7. The van der Waals surface area contributed by atoms with Crippen molar-refractivity contribution in [3.05, 3.63) is 65.1 Å². The molecule has 176 valence electrons. The molecule has 1 saturated heterocycles. The Morgan fingerprint density at radius 2 is 1.73 bits per heavy atom. The predicted octanol–water partition coefficient (Wildman–Crippen LogP) is 2.75. The molecule has 0 aliphatic carbocycles. The number of ether oxygens (including phenoxy) is 1. The van der Waals surface area contributed by atoms with Crippen LogP contribution in [-0.2, 0) is 4.74 Å². The van der Waals surface area contributed by atoms with Crippen LogP contribution < -0.4 is 0 Å². The lowest BCUT2D eigenvalue weighted by Gasteiger charge is -2.41. The summed E-state index contributed by atoms with van der Waals surface area (Å²) in [6.45, 7) is 3.42. The fourth-order valence-electron chi connectivity index (χ4n) is 3.66. The van der Waals surface area contributed by atoms with Gasteiger partial charge in [0.05, 0.1) is 12.8 Å². The molecule has 2 heterocycles. The number of aromatic nitrogens is 3. The summed E-state index contributed by atoms with van der Waals surface area (Å²) in [5.74, 6) is -4.36. The summed E-state index contributed by atoms with van der Waals surface area (Å²) in [6.07, 6.45) is -2.36. The number of aryl methyl sites for hydroxylation is 2. The molecule has 2 aromatic carbocycles. The molecule has 0 unspecified atom stereocenters. The standard InChI is InChI=1S/C22H22F3N3O4S/c1-10-3-4-13(5-11(10)2)33-22-21(31)19(20(30)17(9-29)32-22)28-8-16(26-27-28)12-6-14(23)18(25)15(24)7-12/h3-8,17,19-22,29-31H,9H2,1-2H3/t17-,19+,20+,21-,22-/m1/s1. The lowest BCUT2D eigenvalue weighted by atomic mass is 9.97. The molecule has 0 amide bonds. The number of halogens is 3. The molecule has 5 atom stereocenters. The molecule has 11 heteroatoms. The number of aliphatic hydroxyl groups is 3. The second kappa shape index (κ2) is 9.43. The van der Waals surface area contributed by atoms with Crippen molar-refractivity contribution in [1.82, 2.24) is 15.0 Å². The van der Waals surface area contributed by atoms with Gasteiger partial charge in [-0.3, -0.25) is 0 Å². The fraction of sp³-hybridized carbons (Fsp3) is 0.364. The van der Waals surface area contributed by atoms with Gasteiger partial charge in [-0.1, -0.05) is 23.0 Å². The molecule has 1 fully saturated rings. The minimum Gasteiger partial charge on any atom is -0.394 e. The highest BCUT2D eigenvalue weighted by molar-refractivity contribution is 7.99. The van der Waals surface area contributed by atoms with Gasteiger partial charge >= 0.3 is 0 Å². The maximum atomic E-state index is 13.6. The second-order valence-electron chi connectivity index (χ2n) is 7.90. The van der Waals surface area contributed by atoms with E-state index in [-0.39, 0.29) is 11.3 Å². The highest BCUT2D eigenvalue weighted by Crippen LogP contribution is 2.38. The first-order valence-electron chi connectivity index (χ1n) is 10.1. The first-order chi connectivity index (χ1) is 15.7. The molecule has 0 radical (unpaired) electrons. The minimum absolute atomic E-state index is 0.0117. The van der Waals surface area contributed by atoms with Crippen LogP contribution in [0, 0.1) is 31.3 Å². The number of thioether (sulfide) groups is 1. The third-order valence-corrected chi connectivity index (χ3v) is 6.82. The predicted molar refractivity (Wildman–Crippen MR) is 114 cm³/mol. The zero-order valence-corrected chi connectivity index (χ0v) is 18.5. The van der Waals surface area contributed by atoms with Gasteiger partial charge < -0.3 is 20.1 Å². The van der Waals surface area contributed by atoms with Crippen molar-refractivity contribution in [3.8, 4) is 11.3 Å². The summed E-state index contributed by atoms with van der Waals surface area (Å²) < 4.78 is 47.4. The number of hydrogen-bond acceptors (Lipinski definition) is 7. The maximum Gasteiger partial charge on any atom is 0.194 e. The van der Waals surface area contributed by atoms with Crippen LogP contribution in [0.2, 0.25) is 0 Å². The Morgan fingerprint density at radius 3 is 2.36 bits per heavy atom. The summed E-state index contributed by atoms with van der Waals surface area (Å²) in [7, 11) is 0. The van der Waals surface area contributed by atoms with E-state index in [0.717, 1.165) is 32.8 Å². The number of rotatable bonds is 5. The van der Waals surface area contributed by atoms with E-state index in [9.17, 15) is 28.5 Å².